The summed E-state index contributed by atoms with van der Waals surface area (Å²) in [6.45, 7) is 4.80. The van der Waals surface area contributed by atoms with E-state index in [2.05, 4.69) is 39.1 Å². The summed E-state index contributed by atoms with van der Waals surface area (Å²) in [4.78, 5) is 13.6. The third-order valence-corrected chi connectivity index (χ3v) is 11.2. The van der Waals surface area contributed by atoms with Gasteiger partial charge in [0.15, 0.2) is 15.7 Å². The summed E-state index contributed by atoms with van der Waals surface area (Å²) in [7, 11) is -3.27. The van der Waals surface area contributed by atoms with E-state index in [0.717, 1.165) is 29.8 Å². The third kappa shape index (κ3) is 3.85. The zero-order chi connectivity index (χ0) is 28.6. The van der Waals surface area contributed by atoms with E-state index in [-0.39, 0.29) is 48.0 Å². The number of fused-ring (bicyclic) bond motifs is 5. The summed E-state index contributed by atoms with van der Waals surface area (Å²) in [6, 6.07) is 7.38. The van der Waals surface area contributed by atoms with E-state index in [1.54, 1.807) is 12.3 Å². The van der Waals surface area contributed by atoms with Gasteiger partial charge in [-0.25, -0.2) is 32.2 Å². The van der Waals surface area contributed by atoms with Crippen LogP contribution in [0.15, 0.2) is 42.9 Å². The number of halogens is 2. The zero-order valence-electron chi connectivity index (χ0n) is 22.5. The van der Waals surface area contributed by atoms with Gasteiger partial charge in [-0.15, -0.1) is 10.2 Å². The lowest BCUT2D eigenvalue weighted by Crippen LogP contribution is -2.42. The highest BCUT2D eigenvalue weighted by molar-refractivity contribution is 7.92. The van der Waals surface area contributed by atoms with E-state index in [4.69, 9.17) is 9.72 Å². The normalized spacial score (nSPS) is 23.0. The minimum Gasteiger partial charge on any atom is -0.379 e. The summed E-state index contributed by atoms with van der Waals surface area (Å²) in [5.41, 5.74) is 1.52. The van der Waals surface area contributed by atoms with Gasteiger partial charge in [-0.2, -0.15) is 9.78 Å². The third-order valence-electron chi connectivity index (χ3n) is 9.15. The topological polar surface area (TPSA) is 126 Å². The minimum absolute atomic E-state index is 0.0567. The molecule has 2 atom stereocenters. The van der Waals surface area contributed by atoms with Gasteiger partial charge in [0, 0.05) is 12.6 Å². The molecule has 0 radical (unpaired) electrons. The van der Waals surface area contributed by atoms with Crippen molar-refractivity contribution in [2.45, 2.75) is 49.7 Å². The second-order valence-corrected chi connectivity index (χ2v) is 13.9. The largest absolute Gasteiger partial charge is 0.379 e. The van der Waals surface area contributed by atoms with Crippen molar-refractivity contribution in [2.75, 3.05) is 19.0 Å². The molecule has 0 amide bonds. The second kappa shape index (κ2) is 9.15. The Morgan fingerprint density at radius 3 is 2.61 bits per heavy atom. The van der Waals surface area contributed by atoms with Crippen LogP contribution in [0.2, 0.25) is 0 Å². The van der Waals surface area contributed by atoms with Crippen LogP contribution in [0, 0.1) is 17.0 Å². The van der Waals surface area contributed by atoms with Crippen molar-refractivity contribution in [1.82, 2.24) is 34.9 Å². The number of hydrogen-bond acceptors (Lipinski definition) is 9. The van der Waals surface area contributed by atoms with Gasteiger partial charge in [0.05, 0.1) is 47.0 Å². The van der Waals surface area contributed by atoms with Crippen LogP contribution in [-0.4, -0.2) is 67.6 Å². The van der Waals surface area contributed by atoms with Gasteiger partial charge < -0.3 is 4.74 Å². The molecule has 0 unspecified atom stereocenters. The highest BCUT2D eigenvalue weighted by Crippen LogP contribution is 2.69. The molecule has 212 valence electrons. The van der Waals surface area contributed by atoms with Crippen molar-refractivity contribution in [3.8, 4) is 17.2 Å². The van der Waals surface area contributed by atoms with Crippen molar-refractivity contribution in [3.63, 3.8) is 0 Å². The van der Waals surface area contributed by atoms with Crippen LogP contribution in [0.3, 0.4) is 0 Å². The molecule has 2 bridgehead atoms. The number of sulfone groups is 1. The average molecular weight is 580 g/mol. The highest BCUT2D eigenvalue weighted by atomic mass is 32.2. The first kappa shape index (κ1) is 26.2. The Morgan fingerprint density at radius 1 is 1.10 bits per heavy atom. The van der Waals surface area contributed by atoms with E-state index in [1.165, 1.54) is 29.2 Å². The predicted molar refractivity (Wildman–Crippen MR) is 143 cm³/mol. The van der Waals surface area contributed by atoms with Gasteiger partial charge in [-0.3, -0.25) is 0 Å². The molecule has 1 aliphatic heterocycles. The summed E-state index contributed by atoms with van der Waals surface area (Å²) in [5.74, 6) is -0.638. The molecule has 1 saturated carbocycles. The Bertz CT molecular complexity index is 1770. The summed E-state index contributed by atoms with van der Waals surface area (Å²) in [6.07, 6.45) is 4.95. The number of rotatable bonds is 7. The zero-order valence-corrected chi connectivity index (χ0v) is 23.3. The number of ether oxygens (including phenoxy) is 1. The number of nitrogens with zero attached hydrogens (tertiary/aromatic N) is 7. The van der Waals surface area contributed by atoms with Crippen molar-refractivity contribution < 1.29 is 21.9 Å². The lowest BCUT2D eigenvalue weighted by molar-refractivity contribution is 0.0416. The first-order valence-electron chi connectivity index (χ1n) is 13.5. The monoisotopic (exact) mass is 579 g/mol. The first-order chi connectivity index (χ1) is 19.6. The molecular weight excluding hydrogens is 552 g/mol. The molecule has 4 heterocycles. The van der Waals surface area contributed by atoms with Crippen LogP contribution in [-0.2, 0) is 26.4 Å². The smallest absolute Gasteiger partial charge is 0.252 e. The van der Waals surface area contributed by atoms with Crippen LogP contribution < -0.4 is 0 Å². The van der Waals surface area contributed by atoms with Crippen molar-refractivity contribution in [2.24, 2.45) is 5.41 Å². The van der Waals surface area contributed by atoms with Crippen LogP contribution in [0.4, 0.5) is 8.78 Å². The quantitative estimate of drug-likeness (QED) is 0.324. The molecule has 2 fully saturated rings. The molecule has 1 aromatic carbocycles. The molecule has 13 heteroatoms. The molecule has 2 aliphatic carbocycles. The number of benzene rings is 1. The van der Waals surface area contributed by atoms with Gasteiger partial charge in [-0.05, 0) is 54.0 Å². The molecule has 10 nitrogen and oxygen atoms in total. The Balaban J connectivity index is 1.23. The summed E-state index contributed by atoms with van der Waals surface area (Å²) in [5, 5.41) is 12.9. The van der Waals surface area contributed by atoms with Crippen LogP contribution >= 0.6 is 0 Å². The van der Waals surface area contributed by atoms with Crippen LogP contribution in [0.25, 0.3) is 17.2 Å². The molecule has 7 rings (SSSR count). The summed E-state index contributed by atoms with van der Waals surface area (Å²) < 4.78 is 60.4. The van der Waals surface area contributed by atoms with Crippen molar-refractivity contribution in [3.05, 3.63) is 77.3 Å². The van der Waals surface area contributed by atoms with Crippen molar-refractivity contribution >= 4 is 9.84 Å². The highest BCUT2D eigenvalue weighted by Gasteiger charge is 2.65. The molecule has 0 spiro atoms. The van der Waals surface area contributed by atoms with Gasteiger partial charge in [0.2, 0.25) is 0 Å². The lowest BCUT2D eigenvalue weighted by Gasteiger charge is -2.37. The first-order valence-corrected chi connectivity index (χ1v) is 15.2. The van der Waals surface area contributed by atoms with Gasteiger partial charge >= 0.3 is 0 Å². The molecule has 41 heavy (non-hydrogen) atoms. The molecule has 4 aromatic rings. The lowest BCUT2D eigenvalue weighted by atomic mass is 9.66. The van der Waals surface area contributed by atoms with Gasteiger partial charge in [0.1, 0.15) is 23.2 Å². The average Bonchev–Trinajstić information content (AvgIpc) is 3.54. The van der Waals surface area contributed by atoms with E-state index >= 15 is 0 Å². The maximum atomic E-state index is 14.6. The number of hydrogen-bond donors (Lipinski definition) is 0. The molecule has 0 N–H and O–H groups in total. The van der Waals surface area contributed by atoms with E-state index in [0.29, 0.717) is 11.8 Å². The fourth-order valence-electron chi connectivity index (χ4n) is 6.78. The minimum atomic E-state index is -3.27. The maximum absolute atomic E-state index is 14.6. The van der Waals surface area contributed by atoms with E-state index in [1.807, 2.05) is 6.07 Å². The predicted octanol–water partition coefficient (Wildman–Crippen LogP) is 3.35. The van der Waals surface area contributed by atoms with Gasteiger partial charge in [-0.1, -0.05) is 19.9 Å². The van der Waals surface area contributed by atoms with Crippen LogP contribution in [0.5, 0.6) is 0 Å². The number of aromatic nitrogens is 7. The van der Waals surface area contributed by atoms with Crippen LogP contribution in [0.1, 0.15) is 55.4 Å². The molecular formula is C28H27F2N7O3S. The molecule has 3 aromatic heterocycles. The summed E-state index contributed by atoms with van der Waals surface area (Å²) >= 11 is 0. The van der Waals surface area contributed by atoms with E-state index < -0.39 is 32.1 Å². The second-order valence-electron chi connectivity index (χ2n) is 11.5. The standard InChI is InChI=1S/C28H27F2N7O3S/c1-27(2)18-6-9-28(27,25-17(18)12-21(34-35-25)24-19(29)4-3-5-20(24)30)22-7-10-31-26(33-22)37-15-32-23(36-37)8-11-41(38,39)16-13-40-14-16/h3-5,7,10,12,15-16,18H,6,8-9,11,13-14H2,1-2H3/t18-,28-/m0/s1. The fraction of sp³-hybridized carbons (Fsp3) is 0.429. The number of aryl methyl sites for hydroxylation is 1. The Kier molecular flexibility index (Phi) is 5.85. The van der Waals surface area contributed by atoms with E-state index in [9.17, 15) is 17.2 Å². The van der Waals surface area contributed by atoms with Gasteiger partial charge in [0.25, 0.3) is 5.95 Å². The Labute approximate surface area is 235 Å². The molecule has 1 saturated heterocycles. The Hall–Kier alpha value is -3.71. The SMILES string of the molecule is CC1(C)[C@H]2CC[C@]1(c1ccnc(-n3cnc(CCS(=O)(=O)C4COC4)n3)n1)c1nnc(-c3c(F)cccc3F)cc12. The Morgan fingerprint density at radius 2 is 1.88 bits per heavy atom. The van der Waals surface area contributed by atoms with Crippen molar-refractivity contribution in [1.29, 1.82) is 0 Å². The maximum Gasteiger partial charge on any atom is 0.252 e. The fourth-order valence-corrected chi connectivity index (χ4v) is 8.19. The molecule has 3 aliphatic rings.